The number of rotatable bonds is 4. The number of anilines is 2. The highest BCUT2D eigenvalue weighted by Crippen LogP contribution is 2.58. The number of nitrogens with zero attached hydrogens (tertiary/aromatic N) is 2. The van der Waals surface area contributed by atoms with Crippen molar-refractivity contribution in [2.45, 2.75) is 6.54 Å². The molecule has 0 radical (unpaired) electrons. The molecule has 0 unspecified atom stereocenters. The molecule has 0 fully saturated rings. The molecule has 0 aromatic heterocycles. The lowest BCUT2D eigenvalue weighted by molar-refractivity contribution is 0.335. The van der Waals surface area contributed by atoms with Crippen LogP contribution in [0.5, 0.6) is 0 Å². The number of para-hydroxylation sites is 1. The summed E-state index contributed by atoms with van der Waals surface area (Å²) in [6, 6.07) is 9.87. The molecule has 0 aliphatic carbocycles. The third-order valence-electron chi connectivity index (χ3n) is 3.88. The van der Waals surface area contributed by atoms with Gasteiger partial charge in [0.2, 0.25) is 0 Å². The Kier molecular flexibility index (Phi) is 4.75. The van der Waals surface area contributed by atoms with E-state index in [0.29, 0.717) is 24.3 Å². The fraction of sp³-hybridized carbons (Fsp3) is 0.250. The molecule has 0 saturated heterocycles. The largest absolute Gasteiger partial charge is 0.318 e. The van der Waals surface area contributed by atoms with E-state index in [1.807, 2.05) is 0 Å². The number of benzene rings is 2. The third-order valence-corrected chi connectivity index (χ3v) is 5.77. The van der Waals surface area contributed by atoms with Gasteiger partial charge < -0.3 is 5.32 Å². The summed E-state index contributed by atoms with van der Waals surface area (Å²) in [5.74, 6) is -1.00. The Bertz CT molecular complexity index is 745. The normalized spacial score (nSPS) is 18.3. The van der Waals surface area contributed by atoms with Gasteiger partial charge in [0.1, 0.15) is 11.6 Å². The number of hydrogen-bond donors (Lipinski definition) is 3. The first-order valence-corrected chi connectivity index (χ1v) is 8.92. The minimum Gasteiger partial charge on any atom is -0.318 e. The summed E-state index contributed by atoms with van der Waals surface area (Å²) in [5.41, 5.74) is 1.00. The van der Waals surface area contributed by atoms with Gasteiger partial charge in [-0.05, 0) is 53.9 Å². The Morgan fingerprint density at radius 2 is 1.88 bits per heavy atom. The molecule has 1 aliphatic rings. The van der Waals surface area contributed by atoms with E-state index in [9.17, 15) is 17.9 Å². The van der Waals surface area contributed by atoms with Crippen LogP contribution in [-0.2, 0) is 6.54 Å². The Labute approximate surface area is 141 Å². The molecule has 0 atom stereocenters. The highest BCUT2D eigenvalue weighted by Gasteiger charge is 2.38. The molecule has 3 N–H and O–H groups in total. The Morgan fingerprint density at radius 3 is 2.58 bits per heavy atom. The van der Waals surface area contributed by atoms with Gasteiger partial charge in [0.25, 0.3) is 0 Å². The quantitative estimate of drug-likeness (QED) is 0.780. The minimum absolute atomic E-state index is 0.0412. The molecule has 130 valence electrons. The van der Waals surface area contributed by atoms with Crippen LogP contribution in [-0.4, -0.2) is 33.5 Å². The average Bonchev–Trinajstić information content (AvgIpc) is 2.54. The van der Waals surface area contributed by atoms with Gasteiger partial charge in [-0.2, -0.15) is 4.31 Å². The van der Waals surface area contributed by atoms with Crippen molar-refractivity contribution in [3.63, 3.8) is 0 Å². The van der Waals surface area contributed by atoms with Gasteiger partial charge in [0, 0.05) is 19.6 Å². The van der Waals surface area contributed by atoms with Gasteiger partial charge in [-0.15, -0.1) is 0 Å². The van der Waals surface area contributed by atoms with Crippen LogP contribution in [0.1, 0.15) is 5.56 Å². The number of fused-ring (bicyclic) bond motifs is 1. The monoisotopic (exact) mass is 355 g/mol. The molecular formula is C16H19F2N3O2S. The third kappa shape index (κ3) is 2.99. The molecule has 0 saturated carbocycles. The van der Waals surface area contributed by atoms with E-state index < -0.39 is 22.6 Å². The maximum Gasteiger partial charge on any atom is 0.148 e. The summed E-state index contributed by atoms with van der Waals surface area (Å²) in [4.78, 5) is 0. The van der Waals surface area contributed by atoms with Crippen molar-refractivity contribution >= 4 is 22.3 Å². The van der Waals surface area contributed by atoms with Crippen LogP contribution in [0.3, 0.4) is 0 Å². The van der Waals surface area contributed by atoms with E-state index in [0.717, 1.165) is 4.31 Å². The van der Waals surface area contributed by atoms with Gasteiger partial charge in [-0.25, -0.2) is 13.1 Å². The lowest BCUT2D eigenvalue weighted by Gasteiger charge is -2.53. The molecule has 0 amide bonds. The lowest BCUT2D eigenvalue weighted by Crippen LogP contribution is -2.44. The van der Waals surface area contributed by atoms with Crippen molar-refractivity contribution in [1.82, 2.24) is 9.62 Å². The SMILES string of the molecule is CNCCN1Cc2cc(F)ccc2N(c2ccccc2F)S1(O)O. The summed E-state index contributed by atoms with van der Waals surface area (Å²) >= 11 is 0. The second-order valence-corrected chi connectivity index (χ2v) is 7.34. The smallest absolute Gasteiger partial charge is 0.148 e. The van der Waals surface area contributed by atoms with E-state index in [4.69, 9.17) is 0 Å². The summed E-state index contributed by atoms with van der Waals surface area (Å²) in [6.07, 6.45) is 0. The van der Waals surface area contributed by atoms with E-state index in [-0.39, 0.29) is 12.2 Å². The van der Waals surface area contributed by atoms with Crippen LogP contribution in [0.2, 0.25) is 0 Å². The van der Waals surface area contributed by atoms with Crippen LogP contribution in [0, 0.1) is 11.6 Å². The topological polar surface area (TPSA) is 59.0 Å². The molecule has 2 aromatic carbocycles. The standard InChI is InChI=1S/C16H19F2N3O2S/c1-19-8-9-20-11-12-10-13(17)6-7-15(12)21(24(20,22)23)16-5-3-2-4-14(16)18/h2-7,10,19,22-23H,8-9,11H2,1H3. The predicted molar refractivity (Wildman–Crippen MR) is 92.1 cm³/mol. The molecule has 1 heterocycles. The second-order valence-electron chi connectivity index (χ2n) is 5.48. The van der Waals surface area contributed by atoms with Gasteiger partial charge >= 0.3 is 0 Å². The fourth-order valence-electron chi connectivity index (χ4n) is 2.72. The summed E-state index contributed by atoms with van der Waals surface area (Å²) < 4.78 is 52.2. The molecule has 0 bridgehead atoms. The Hall–Kier alpha value is -1.71. The van der Waals surface area contributed by atoms with Crippen LogP contribution in [0.25, 0.3) is 0 Å². The zero-order chi connectivity index (χ0) is 17.3. The van der Waals surface area contributed by atoms with Gasteiger partial charge in [0.15, 0.2) is 0 Å². The first kappa shape index (κ1) is 17.1. The molecule has 8 heteroatoms. The minimum atomic E-state index is -3.47. The fourth-order valence-corrected chi connectivity index (χ4v) is 4.45. The Morgan fingerprint density at radius 1 is 1.12 bits per heavy atom. The maximum atomic E-state index is 14.3. The van der Waals surface area contributed by atoms with Gasteiger partial charge in [-0.1, -0.05) is 12.1 Å². The van der Waals surface area contributed by atoms with Crippen molar-refractivity contribution in [2.75, 3.05) is 24.4 Å². The van der Waals surface area contributed by atoms with Crippen molar-refractivity contribution in [1.29, 1.82) is 0 Å². The van der Waals surface area contributed by atoms with Crippen molar-refractivity contribution in [2.24, 2.45) is 0 Å². The lowest BCUT2D eigenvalue weighted by atomic mass is 10.1. The predicted octanol–water partition coefficient (Wildman–Crippen LogP) is 3.72. The van der Waals surface area contributed by atoms with E-state index in [1.165, 1.54) is 40.7 Å². The molecule has 1 aliphatic heterocycles. The number of likely N-dealkylation sites (N-methyl/N-ethyl adjacent to an activating group) is 1. The summed E-state index contributed by atoms with van der Waals surface area (Å²) in [5, 5.41) is 2.94. The molecule has 5 nitrogen and oxygen atoms in total. The van der Waals surface area contributed by atoms with Gasteiger partial charge in [0.05, 0.1) is 11.4 Å². The molecule has 24 heavy (non-hydrogen) atoms. The highest BCUT2D eigenvalue weighted by atomic mass is 32.3. The second kappa shape index (κ2) is 6.66. The average molecular weight is 355 g/mol. The van der Waals surface area contributed by atoms with Crippen LogP contribution in [0.15, 0.2) is 42.5 Å². The maximum absolute atomic E-state index is 14.3. The van der Waals surface area contributed by atoms with Crippen molar-refractivity contribution in [3.8, 4) is 0 Å². The zero-order valence-electron chi connectivity index (χ0n) is 13.1. The first-order chi connectivity index (χ1) is 11.4. The van der Waals surface area contributed by atoms with Crippen molar-refractivity contribution in [3.05, 3.63) is 59.7 Å². The van der Waals surface area contributed by atoms with Crippen molar-refractivity contribution < 1.29 is 17.9 Å². The van der Waals surface area contributed by atoms with E-state index in [1.54, 1.807) is 13.1 Å². The number of halogens is 2. The number of nitrogens with one attached hydrogen (secondary N) is 1. The van der Waals surface area contributed by atoms with Crippen LogP contribution < -0.4 is 9.62 Å². The molecule has 0 spiro atoms. The van der Waals surface area contributed by atoms with E-state index >= 15 is 0 Å². The molecule has 3 rings (SSSR count). The van der Waals surface area contributed by atoms with E-state index in [2.05, 4.69) is 5.32 Å². The number of hydrogen-bond acceptors (Lipinski definition) is 5. The zero-order valence-corrected chi connectivity index (χ0v) is 13.9. The summed E-state index contributed by atoms with van der Waals surface area (Å²) in [7, 11) is -1.73. The molecule has 2 aromatic rings. The van der Waals surface area contributed by atoms with Crippen LogP contribution >= 0.6 is 11.0 Å². The Balaban J connectivity index is 2.14. The summed E-state index contributed by atoms with van der Waals surface area (Å²) in [6.45, 7) is 0.993. The van der Waals surface area contributed by atoms with Crippen LogP contribution in [0.4, 0.5) is 20.2 Å². The van der Waals surface area contributed by atoms with Gasteiger partial charge in [-0.3, -0.25) is 9.11 Å². The first-order valence-electron chi connectivity index (χ1n) is 7.46. The highest BCUT2D eigenvalue weighted by molar-refractivity contribution is 8.23. The molecular weight excluding hydrogens is 336 g/mol.